The summed E-state index contributed by atoms with van der Waals surface area (Å²) >= 11 is 0. The smallest absolute Gasteiger partial charge is 0.130 e. The first-order valence-electron chi connectivity index (χ1n) is 6.53. The Balaban J connectivity index is 2.06. The second-order valence-corrected chi connectivity index (χ2v) is 5.80. The molecule has 0 N–H and O–H groups in total. The summed E-state index contributed by atoms with van der Waals surface area (Å²) in [5.74, 6) is -0.285. The van der Waals surface area contributed by atoms with Crippen molar-refractivity contribution in [1.82, 2.24) is 0 Å². The van der Waals surface area contributed by atoms with Crippen LogP contribution >= 0.6 is 0 Å². The summed E-state index contributed by atoms with van der Waals surface area (Å²) in [5.41, 5.74) is 1.49. The Morgan fingerprint density at radius 3 is 2.20 bits per heavy atom. The average molecular weight is 276 g/mol. The van der Waals surface area contributed by atoms with Gasteiger partial charge in [0.25, 0.3) is 0 Å². The van der Waals surface area contributed by atoms with Crippen molar-refractivity contribution in [1.29, 1.82) is 0 Å². The van der Waals surface area contributed by atoms with E-state index in [9.17, 15) is 8.78 Å². The molecule has 106 valence electrons. The van der Waals surface area contributed by atoms with Crippen LogP contribution in [-0.2, 0) is 12.0 Å². The zero-order chi connectivity index (χ0) is 14.8. The Morgan fingerprint density at radius 1 is 0.950 bits per heavy atom. The summed E-state index contributed by atoms with van der Waals surface area (Å²) < 4.78 is 32.0. The number of ether oxygens (including phenoxy) is 1. The van der Waals surface area contributed by atoms with Gasteiger partial charge in [0, 0.05) is 5.56 Å². The third-order valence-corrected chi connectivity index (χ3v) is 3.12. The SMILES string of the molecule is CC(C)(C)c1ccc(OCc2cc(F)ccc2F)cc1. The molecule has 0 aliphatic carbocycles. The van der Waals surface area contributed by atoms with E-state index in [1.54, 1.807) is 0 Å². The molecule has 20 heavy (non-hydrogen) atoms. The highest BCUT2D eigenvalue weighted by Crippen LogP contribution is 2.24. The monoisotopic (exact) mass is 276 g/mol. The van der Waals surface area contributed by atoms with E-state index in [1.165, 1.54) is 5.56 Å². The van der Waals surface area contributed by atoms with Crippen LogP contribution in [0.4, 0.5) is 8.78 Å². The van der Waals surface area contributed by atoms with Crippen LogP contribution in [0.3, 0.4) is 0 Å². The van der Waals surface area contributed by atoms with Crippen LogP contribution in [0.25, 0.3) is 0 Å². The van der Waals surface area contributed by atoms with E-state index in [-0.39, 0.29) is 17.6 Å². The van der Waals surface area contributed by atoms with Gasteiger partial charge >= 0.3 is 0 Å². The van der Waals surface area contributed by atoms with Crippen molar-refractivity contribution < 1.29 is 13.5 Å². The van der Waals surface area contributed by atoms with Gasteiger partial charge in [-0.15, -0.1) is 0 Å². The first kappa shape index (κ1) is 14.5. The van der Waals surface area contributed by atoms with Crippen molar-refractivity contribution in [3.05, 3.63) is 65.2 Å². The molecule has 1 nitrogen and oxygen atoms in total. The summed E-state index contributed by atoms with van der Waals surface area (Å²) in [4.78, 5) is 0. The molecule has 0 bridgehead atoms. The largest absolute Gasteiger partial charge is 0.489 e. The van der Waals surface area contributed by atoms with Gasteiger partial charge in [-0.3, -0.25) is 0 Å². The number of hydrogen-bond donors (Lipinski definition) is 0. The Bertz CT molecular complexity index is 583. The fourth-order valence-corrected chi connectivity index (χ4v) is 1.87. The normalized spacial score (nSPS) is 11.4. The molecule has 0 aromatic heterocycles. The number of rotatable bonds is 3. The van der Waals surface area contributed by atoms with Crippen LogP contribution in [0.5, 0.6) is 5.75 Å². The van der Waals surface area contributed by atoms with Gasteiger partial charge in [-0.25, -0.2) is 8.78 Å². The predicted octanol–water partition coefficient (Wildman–Crippen LogP) is 4.84. The maximum absolute atomic E-state index is 13.4. The average Bonchev–Trinajstić information content (AvgIpc) is 2.39. The van der Waals surface area contributed by atoms with Crippen molar-refractivity contribution >= 4 is 0 Å². The Morgan fingerprint density at radius 2 is 1.60 bits per heavy atom. The molecular weight excluding hydrogens is 258 g/mol. The summed E-state index contributed by atoms with van der Waals surface area (Å²) in [7, 11) is 0. The molecule has 0 fully saturated rings. The van der Waals surface area contributed by atoms with E-state index < -0.39 is 11.6 Å². The van der Waals surface area contributed by atoms with Gasteiger partial charge in [0.2, 0.25) is 0 Å². The summed E-state index contributed by atoms with van der Waals surface area (Å²) in [6.45, 7) is 6.40. The molecule has 0 aliphatic rings. The molecule has 0 amide bonds. The van der Waals surface area contributed by atoms with Gasteiger partial charge in [0.05, 0.1) is 0 Å². The van der Waals surface area contributed by atoms with Crippen molar-refractivity contribution in [2.24, 2.45) is 0 Å². The van der Waals surface area contributed by atoms with Gasteiger partial charge in [0.15, 0.2) is 0 Å². The second-order valence-electron chi connectivity index (χ2n) is 5.80. The Labute approximate surface area is 118 Å². The molecule has 2 rings (SSSR count). The first-order valence-corrected chi connectivity index (χ1v) is 6.53. The third kappa shape index (κ3) is 3.56. The lowest BCUT2D eigenvalue weighted by molar-refractivity contribution is 0.299. The third-order valence-electron chi connectivity index (χ3n) is 3.12. The van der Waals surface area contributed by atoms with E-state index >= 15 is 0 Å². The van der Waals surface area contributed by atoms with Crippen LogP contribution in [0.2, 0.25) is 0 Å². The van der Waals surface area contributed by atoms with Crippen molar-refractivity contribution in [2.75, 3.05) is 0 Å². The highest BCUT2D eigenvalue weighted by molar-refractivity contribution is 5.31. The highest BCUT2D eigenvalue weighted by Gasteiger charge is 2.13. The summed E-state index contributed by atoms with van der Waals surface area (Å²) in [6.07, 6.45) is 0. The van der Waals surface area contributed by atoms with Gasteiger partial charge in [-0.1, -0.05) is 32.9 Å². The minimum absolute atomic E-state index is 0.0124. The van der Waals surface area contributed by atoms with Crippen LogP contribution in [-0.4, -0.2) is 0 Å². The fraction of sp³-hybridized carbons (Fsp3) is 0.294. The van der Waals surface area contributed by atoms with E-state index in [1.807, 2.05) is 24.3 Å². The van der Waals surface area contributed by atoms with E-state index in [0.717, 1.165) is 18.2 Å². The lowest BCUT2D eigenvalue weighted by Crippen LogP contribution is -2.10. The Kier molecular flexibility index (Phi) is 4.07. The van der Waals surface area contributed by atoms with Crippen molar-refractivity contribution in [2.45, 2.75) is 32.8 Å². The minimum atomic E-state index is -0.465. The fourth-order valence-electron chi connectivity index (χ4n) is 1.87. The van der Waals surface area contributed by atoms with Gasteiger partial charge in [0.1, 0.15) is 24.0 Å². The Hall–Kier alpha value is -1.90. The maximum atomic E-state index is 13.4. The van der Waals surface area contributed by atoms with Crippen molar-refractivity contribution in [3.63, 3.8) is 0 Å². The van der Waals surface area contributed by atoms with Gasteiger partial charge in [-0.05, 0) is 41.3 Å². The zero-order valence-electron chi connectivity index (χ0n) is 11.9. The van der Waals surface area contributed by atoms with E-state index in [2.05, 4.69) is 20.8 Å². The molecule has 0 heterocycles. The predicted molar refractivity (Wildman–Crippen MR) is 75.8 cm³/mol. The van der Waals surface area contributed by atoms with Gasteiger partial charge in [-0.2, -0.15) is 0 Å². The van der Waals surface area contributed by atoms with E-state index in [0.29, 0.717) is 5.75 Å². The van der Waals surface area contributed by atoms with Crippen LogP contribution in [0.1, 0.15) is 31.9 Å². The van der Waals surface area contributed by atoms with Crippen LogP contribution < -0.4 is 4.74 Å². The lowest BCUT2D eigenvalue weighted by atomic mass is 9.87. The summed E-state index contributed by atoms with van der Waals surface area (Å²) in [6, 6.07) is 11.0. The summed E-state index contributed by atoms with van der Waals surface area (Å²) in [5, 5.41) is 0. The molecule has 0 radical (unpaired) electrons. The quantitative estimate of drug-likeness (QED) is 0.779. The van der Waals surface area contributed by atoms with Gasteiger partial charge < -0.3 is 4.74 Å². The molecule has 0 unspecified atom stereocenters. The maximum Gasteiger partial charge on any atom is 0.130 e. The topological polar surface area (TPSA) is 9.23 Å². The number of halogens is 2. The highest BCUT2D eigenvalue weighted by atomic mass is 19.1. The molecule has 2 aromatic rings. The number of hydrogen-bond acceptors (Lipinski definition) is 1. The molecule has 0 saturated heterocycles. The molecule has 2 aromatic carbocycles. The van der Waals surface area contributed by atoms with E-state index in [4.69, 9.17) is 4.74 Å². The lowest BCUT2D eigenvalue weighted by Gasteiger charge is -2.19. The molecule has 0 atom stereocenters. The molecule has 3 heteroatoms. The minimum Gasteiger partial charge on any atom is -0.489 e. The molecule has 0 saturated carbocycles. The van der Waals surface area contributed by atoms with Crippen LogP contribution in [0, 0.1) is 11.6 Å². The first-order chi connectivity index (χ1) is 9.36. The second kappa shape index (κ2) is 5.61. The molecule has 0 spiro atoms. The number of benzene rings is 2. The standard InChI is InChI=1S/C17H18F2O/c1-17(2,3)13-4-7-15(8-5-13)20-11-12-10-14(18)6-9-16(12)19/h4-10H,11H2,1-3H3. The molecular formula is C17H18F2O. The van der Waals surface area contributed by atoms with Crippen molar-refractivity contribution in [3.8, 4) is 5.75 Å². The zero-order valence-corrected chi connectivity index (χ0v) is 11.9. The molecule has 0 aliphatic heterocycles. The van der Waals surface area contributed by atoms with Crippen LogP contribution in [0.15, 0.2) is 42.5 Å².